The molecule has 0 saturated carbocycles. The van der Waals surface area contributed by atoms with Crippen molar-refractivity contribution in [3.05, 3.63) is 165 Å². The molecular formula is C48H45FN4O8S. The lowest BCUT2D eigenvalue weighted by Gasteiger charge is -2.40. The van der Waals surface area contributed by atoms with Crippen LogP contribution in [0.25, 0.3) is 0 Å². The number of ether oxygens (including phenoxy) is 4. The highest BCUT2D eigenvalue weighted by Crippen LogP contribution is 2.47. The van der Waals surface area contributed by atoms with E-state index in [0.29, 0.717) is 51.1 Å². The fourth-order valence-corrected chi connectivity index (χ4v) is 8.95. The Kier molecular flexibility index (Phi) is 12.9. The van der Waals surface area contributed by atoms with Gasteiger partial charge in [-0.05, 0) is 71.1 Å². The summed E-state index contributed by atoms with van der Waals surface area (Å²) in [6.07, 6.45) is 0. The summed E-state index contributed by atoms with van der Waals surface area (Å²) in [6.45, 7) is 0. The average Bonchev–Trinajstić information content (AvgIpc) is 3.83. The van der Waals surface area contributed by atoms with Crippen molar-refractivity contribution in [3.63, 3.8) is 0 Å². The van der Waals surface area contributed by atoms with E-state index in [4.69, 9.17) is 18.9 Å². The van der Waals surface area contributed by atoms with E-state index in [2.05, 4.69) is 10.6 Å². The number of rotatable bonds is 10. The predicted octanol–water partition coefficient (Wildman–Crippen LogP) is 8.71. The molecule has 14 heteroatoms. The van der Waals surface area contributed by atoms with E-state index < -0.39 is 29.6 Å². The number of methoxy groups -OCH3 is 4. The molecule has 2 aliphatic heterocycles. The SMILES string of the molecule is COc1cccc(NC(=O)C2c3cc(OC)c(OC)cc3C(=O)N(C)C2c2ccccc2F)c1.COc1cccc(NC(=O)C2c3ccccc3C(=O)N(C)C2c2cccs2)c1. The maximum Gasteiger partial charge on any atom is 0.254 e. The first-order valence-corrected chi connectivity index (χ1v) is 20.4. The van der Waals surface area contributed by atoms with Crippen LogP contribution in [0, 0.1) is 5.82 Å². The lowest BCUT2D eigenvalue weighted by Crippen LogP contribution is -2.44. The summed E-state index contributed by atoms with van der Waals surface area (Å²) < 4.78 is 36.2. The monoisotopic (exact) mass is 856 g/mol. The summed E-state index contributed by atoms with van der Waals surface area (Å²) in [5.74, 6) is -0.957. The van der Waals surface area contributed by atoms with Gasteiger partial charge in [0.05, 0.1) is 52.4 Å². The van der Waals surface area contributed by atoms with E-state index >= 15 is 0 Å². The Morgan fingerprint density at radius 3 is 1.66 bits per heavy atom. The normalized spacial score (nSPS) is 17.7. The van der Waals surface area contributed by atoms with Crippen molar-refractivity contribution in [3.8, 4) is 23.0 Å². The maximum absolute atomic E-state index is 14.9. The average molecular weight is 857 g/mol. The van der Waals surface area contributed by atoms with Gasteiger partial charge in [0.15, 0.2) is 11.5 Å². The number of nitrogens with zero attached hydrogens (tertiary/aromatic N) is 2. The van der Waals surface area contributed by atoms with Gasteiger partial charge in [0.2, 0.25) is 11.8 Å². The summed E-state index contributed by atoms with van der Waals surface area (Å²) in [6, 6.07) is 33.5. The first kappa shape index (κ1) is 42.9. The number of amides is 4. The molecule has 3 heterocycles. The Labute approximate surface area is 362 Å². The molecule has 62 heavy (non-hydrogen) atoms. The number of hydrogen-bond donors (Lipinski definition) is 2. The molecule has 2 N–H and O–H groups in total. The zero-order chi connectivity index (χ0) is 44.1. The summed E-state index contributed by atoms with van der Waals surface area (Å²) in [7, 11) is 9.38. The van der Waals surface area contributed by atoms with Gasteiger partial charge in [0.25, 0.3) is 11.8 Å². The van der Waals surface area contributed by atoms with Gasteiger partial charge < -0.3 is 39.4 Å². The van der Waals surface area contributed by atoms with Gasteiger partial charge in [0.1, 0.15) is 17.3 Å². The van der Waals surface area contributed by atoms with Crippen molar-refractivity contribution >= 4 is 46.3 Å². The summed E-state index contributed by atoms with van der Waals surface area (Å²) >= 11 is 1.55. The third-order valence-corrected chi connectivity index (χ3v) is 12.0. The standard InChI is InChI=1S/C26H25FN2O5.C22H20N2O3S/c1-29-24(17-10-5-6-11-20(17)27)23(25(30)28-15-8-7-9-16(12-15)32-2)18-13-21(33-3)22(34-4)14-19(18)26(29)31;1-24-20(18-11-6-12-28-18)19(16-9-3-4-10-17(16)22(24)26)21(25)23-14-7-5-8-15(13-14)27-2/h5-14,23-24H,1-4H3,(H,28,30);3-13,19-20H,1-2H3,(H,23,25). The largest absolute Gasteiger partial charge is 0.497 e. The number of fused-ring (bicyclic) bond motifs is 2. The molecule has 318 valence electrons. The Balaban J connectivity index is 0.000000190. The van der Waals surface area contributed by atoms with Gasteiger partial charge in [-0.1, -0.05) is 54.6 Å². The first-order chi connectivity index (χ1) is 30.0. The molecular weight excluding hydrogens is 812 g/mol. The maximum atomic E-state index is 14.9. The topological polar surface area (TPSA) is 136 Å². The zero-order valence-electron chi connectivity index (χ0n) is 34.9. The molecule has 6 aromatic rings. The second kappa shape index (κ2) is 18.6. The molecule has 4 atom stereocenters. The highest BCUT2D eigenvalue weighted by atomic mass is 32.1. The second-order valence-corrected chi connectivity index (χ2v) is 15.5. The number of likely N-dealkylation sites (N-methyl/N-ethyl adjacent to an activating group) is 2. The fourth-order valence-electron chi connectivity index (χ4n) is 8.05. The van der Waals surface area contributed by atoms with Gasteiger partial charge in [-0.25, -0.2) is 4.39 Å². The van der Waals surface area contributed by atoms with Crippen molar-refractivity contribution in [2.45, 2.75) is 23.9 Å². The molecule has 0 saturated heterocycles. The van der Waals surface area contributed by atoms with Crippen molar-refractivity contribution < 1.29 is 42.5 Å². The van der Waals surface area contributed by atoms with Gasteiger partial charge in [0, 0.05) is 59.2 Å². The Bertz CT molecular complexity index is 2620. The van der Waals surface area contributed by atoms with Crippen molar-refractivity contribution in [2.24, 2.45) is 0 Å². The van der Waals surface area contributed by atoms with E-state index in [1.165, 1.54) is 32.3 Å². The van der Waals surface area contributed by atoms with Gasteiger partial charge in [-0.2, -0.15) is 0 Å². The van der Waals surface area contributed by atoms with Crippen LogP contribution in [0.15, 0.2) is 127 Å². The quantitative estimate of drug-likeness (QED) is 0.140. The van der Waals surface area contributed by atoms with Crippen LogP contribution in [-0.2, 0) is 9.59 Å². The zero-order valence-corrected chi connectivity index (χ0v) is 35.7. The highest BCUT2D eigenvalue weighted by Gasteiger charge is 2.45. The summed E-state index contributed by atoms with van der Waals surface area (Å²) in [5.41, 5.74) is 3.45. The van der Waals surface area contributed by atoms with Crippen molar-refractivity contribution in [1.82, 2.24) is 9.80 Å². The number of halogens is 1. The molecule has 8 rings (SSSR count). The van der Waals surface area contributed by atoms with E-state index in [9.17, 15) is 23.6 Å². The van der Waals surface area contributed by atoms with Crippen LogP contribution >= 0.6 is 11.3 Å². The minimum Gasteiger partial charge on any atom is -0.497 e. The van der Waals surface area contributed by atoms with Crippen LogP contribution in [0.4, 0.5) is 15.8 Å². The minimum absolute atomic E-state index is 0.0700. The van der Waals surface area contributed by atoms with Crippen LogP contribution in [0.3, 0.4) is 0 Å². The van der Waals surface area contributed by atoms with Crippen molar-refractivity contribution in [1.29, 1.82) is 0 Å². The molecule has 0 bridgehead atoms. The number of carbonyl (C=O) groups is 4. The minimum atomic E-state index is -0.930. The lowest BCUT2D eigenvalue weighted by atomic mass is 9.79. The summed E-state index contributed by atoms with van der Waals surface area (Å²) in [4.78, 5) is 57.5. The number of thiophene rings is 1. The smallest absolute Gasteiger partial charge is 0.254 e. The Morgan fingerprint density at radius 1 is 0.565 bits per heavy atom. The van der Waals surface area contributed by atoms with Gasteiger partial charge in [-0.3, -0.25) is 19.2 Å². The molecule has 2 aliphatic rings. The van der Waals surface area contributed by atoms with Crippen LogP contribution in [0.5, 0.6) is 23.0 Å². The van der Waals surface area contributed by atoms with Gasteiger partial charge in [-0.15, -0.1) is 11.3 Å². The van der Waals surface area contributed by atoms with Crippen LogP contribution in [0.2, 0.25) is 0 Å². The number of carbonyl (C=O) groups excluding carboxylic acids is 4. The van der Waals surface area contributed by atoms with Crippen molar-refractivity contribution in [2.75, 3.05) is 53.2 Å². The highest BCUT2D eigenvalue weighted by molar-refractivity contribution is 7.10. The molecule has 0 radical (unpaired) electrons. The fraction of sp³-hybridized carbons (Fsp3) is 0.208. The van der Waals surface area contributed by atoms with Crippen LogP contribution < -0.4 is 29.6 Å². The van der Waals surface area contributed by atoms with E-state index in [-0.39, 0.29) is 29.3 Å². The Hall–Kier alpha value is -7.19. The number of anilines is 2. The van der Waals surface area contributed by atoms with E-state index in [0.717, 1.165) is 10.4 Å². The third kappa shape index (κ3) is 8.41. The molecule has 1 aromatic heterocycles. The third-order valence-electron chi connectivity index (χ3n) is 11.1. The number of nitrogens with one attached hydrogen (secondary N) is 2. The van der Waals surface area contributed by atoms with Crippen LogP contribution in [0.1, 0.15) is 66.2 Å². The predicted molar refractivity (Wildman–Crippen MR) is 235 cm³/mol. The van der Waals surface area contributed by atoms with Gasteiger partial charge >= 0.3 is 0 Å². The molecule has 12 nitrogen and oxygen atoms in total. The molecule has 0 fully saturated rings. The summed E-state index contributed by atoms with van der Waals surface area (Å²) in [5, 5.41) is 7.86. The molecule has 0 aliphatic carbocycles. The first-order valence-electron chi connectivity index (χ1n) is 19.6. The van der Waals surface area contributed by atoms with Crippen LogP contribution in [-0.4, -0.2) is 76.0 Å². The molecule has 4 unspecified atom stereocenters. The second-order valence-electron chi connectivity index (χ2n) is 14.5. The lowest BCUT2D eigenvalue weighted by molar-refractivity contribution is -0.119. The molecule has 0 spiro atoms. The van der Waals surface area contributed by atoms with E-state index in [1.54, 1.807) is 104 Å². The van der Waals surface area contributed by atoms with E-state index in [1.807, 2.05) is 53.9 Å². The number of hydrogen-bond acceptors (Lipinski definition) is 9. The molecule has 4 amide bonds. The molecule has 5 aromatic carbocycles. The Morgan fingerprint density at radius 2 is 1.10 bits per heavy atom. The number of benzene rings is 5.